The third kappa shape index (κ3) is 13.3. The Kier molecular flexibility index (Phi) is 20.4. The lowest BCUT2D eigenvalue weighted by Crippen LogP contribution is -2.55. The zero-order valence-electron chi connectivity index (χ0n) is 39.0. The van der Waals surface area contributed by atoms with Crippen molar-refractivity contribution >= 4 is 47.7 Å². The second-order valence-corrected chi connectivity index (χ2v) is 16.1. The quantitative estimate of drug-likeness (QED) is 0.0379. The lowest BCUT2D eigenvalue weighted by atomic mass is 9.86. The van der Waals surface area contributed by atoms with Crippen LogP contribution in [-0.4, -0.2) is 81.4 Å². The predicted octanol–water partition coefficient (Wildman–Crippen LogP) is 9.02. The summed E-state index contributed by atoms with van der Waals surface area (Å²) in [6.07, 6.45) is 3.29. The monoisotopic (exact) mass is 903 g/mol. The largest absolute Gasteiger partial charge is 0.435 e. The van der Waals surface area contributed by atoms with Crippen LogP contribution in [0.2, 0.25) is 0 Å². The topological polar surface area (TPSA) is 197 Å². The fourth-order valence-corrected chi connectivity index (χ4v) is 7.58. The number of halogens is 5. The number of hydrogen-bond acceptors (Lipinski definition) is 9. The third-order valence-corrected chi connectivity index (χ3v) is 11.5. The number of alkyl halides is 5. The summed E-state index contributed by atoms with van der Waals surface area (Å²) < 4.78 is 68.3. The summed E-state index contributed by atoms with van der Waals surface area (Å²) in [5, 5.41) is 17.5. The number of nitrogens with zero attached hydrogens (tertiary/aromatic N) is 6. The number of nitrogens with two attached hydrogens (primary N) is 2. The molecular formula is C46H67F5N10O3. The van der Waals surface area contributed by atoms with Gasteiger partial charge in [-0.2, -0.15) is 32.2 Å². The number of amides is 3. The molecule has 1 aliphatic heterocycles. The zero-order valence-corrected chi connectivity index (χ0v) is 39.0. The van der Waals surface area contributed by atoms with Crippen molar-refractivity contribution in [1.29, 1.82) is 5.41 Å². The summed E-state index contributed by atoms with van der Waals surface area (Å²) in [7, 11) is 0. The van der Waals surface area contributed by atoms with Crippen molar-refractivity contribution in [2.45, 2.75) is 151 Å². The van der Waals surface area contributed by atoms with Gasteiger partial charge in [-0.25, -0.2) is 9.98 Å². The minimum Gasteiger partial charge on any atom is -0.404 e. The van der Waals surface area contributed by atoms with E-state index in [4.69, 9.17) is 17.0 Å². The van der Waals surface area contributed by atoms with E-state index in [9.17, 15) is 36.3 Å². The highest BCUT2D eigenvalue weighted by molar-refractivity contribution is 6.36. The van der Waals surface area contributed by atoms with Crippen molar-refractivity contribution < 1.29 is 36.3 Å². The van der Waals surface area contributed by atoms with Crippen LogP contribution in [0.1, 0.15) is 148 Å². The fraction of sp³-hybridized carbons (Fsp3) is 0.565. The molecule has 64 heavy (non-hydrogen) atoms. The Balaban J connectivity index is 0.00000342. The molecule has 1 spiro atoms. The van der Waals surface area contributed by atoms with Gasteiger partial charge >= 0.3 is 12.7 Å². The van der Waals surface area contributed by atoms with Gasteiger partial charge < -0.3 is 27.2 Å². The average molecular weight is 903 g/mol. The molecule has 4 rings (SSSR count). The van der Waals surface area contributed by atoms with E-state index in [1.165, 1.54) is 18.7 Å². The van der Waals surface area contributed by atoms with Gasteiger partial charge in [0.2, 0.25) is 17.7 Å². The first-order chi connectivity index (χ1) is 30.2. The third-order valence-electron chi connectivity index (χ3n) is 11.5. The number of rotatable bonds is 18. The predicted molar refractivity (Wildman–Crippen MR) is 245 cm³/mol. The minimum absolute atomic E-state index is 0.0529. The van der Waals surface area contributed by atoms with Gasteiger partial charge in [0, 0.05) is 37.5 Å². The van der Waals surface area contributed by atoms with Crippen LogP contribution in [0.5, 0.6) is 0 Å². The summed E-state index contributed by atoms with van der Waals surface area (Å²) >= 11 is 0. The molecule has 0 radical (unpaired) electrons. The summed E-state index contributed by atoms with van der Waals surface area (Å²) in [6, 6.07) is 5.46. The van der Waals surface area contributed by atoms with E-state index in [0.29, 0.717) is 31.5 Å². The molecule has 354 valence electrons. The Labute approximate surface area is 374 Å². The van der Waals surface area contributed by atoms with Crippen LogP contribution < -0.4 is 16.9 Å². The zero-order chi connectivity index (χ0) is 48.7. The molecule has 3 amide bonds. The highest BCUT2D eigenvalue weighted by atomic mass is 19.4. The molecule has 2 heterocycles. The molecule has 1 aliphatic carbocycles. The van der Waals surface area contributed by atoms with Gasteiger partial charge in [0.05, 0.1) is 23.2 Å². The van der Waals surface area contributed by atoms with E-state index >= 15 is 0 Å². The molecule has 2 aliphatic rings. The molecule has 1 aromatic carbocycles. The Hall–Kier alpha value is -5.55. The summed E-state index contributed by atoms with van der Waals surface area (Å²) in [6.45, 7) is 17.6. The van der Waals surface area contributed by atoms with Gasteiger partial charge in [-0.1, -0.05) is 79.7 Å². The van der Waals surface area contributed by atoms with Gasteiger partial charge in [0.15, 0.2) is 5.69 Å². The molecule has 1 aromatic heterocycles. The first-order valence-corrected chi connectivity index (χ1v) is 21.9. The lowest BCUT2D eigenvalue weighted by Gasteiger charge is -2.33. The molecular weight excluding hydrogens is 836 g/mol. The second kappa shape index (κ2) is 23.9. The molecule has 0 bridgehead atoms. The van der Waals surface area contributed by atoms with Crippen LogP contribution >= 0.6 is 0 Å². The molecule has 5 unspecified atom stereocenters. The van der Waals surface area contributed by atoms with Crippen LogP contribution in [0, 0.1) is 16.7 Å². The van der Waals surface area contributed by atoms with Gasteiger partial charge in [0.1, 0.15) is 11.8 Å². The number of carbonyl (C=O) groups is 3. The Morgan fingerprint density at radius 2 is 1.73 bits per heavy atom. The molecule has 1 saturated carbocycles. The highest BCUT2D eigenvalue weighted by Gasteiger charge is 2.65. The molecule has 2 fully saturated rings. The van der Waals surface area contributed by atoms with E-state index in [2.05, 4.69) is 45.4 Å². The van der Waals surface area contributed by atoms with Crippen LogP contribution in [0.4, 0.5) is 22.0 Å². The van der Waals surface area contributed by atoms with Crippen molar-refractivity contribution in [3.8, 4) is 0 Å². The summed E-state index contributed by atoms with van der Waals surface area (Å²) in [5.41, 5.74) is 5.60. The number of nitrogens with one attached hydrogen (secondary N) is 2. The van der Waals surface area contributed by atoms with Crippen LogP contribution in [0.25, 0.3) is 5.57 Å². The maximum atomic E-state index is 14.6. The van der Waals surface area contributed by atoms with Crippen molar-refractivity contribution in [2.75, 3.05) is 6.54 Å². The number of likely N-dealkylation sites (tertiary alicyclic amines) is 1. The number of carbonyl (C=O) groups excluding carboxylic acids is 3. The normalized spacial score (nSPS) is 19.6. The van der Waals surface area contributed by atoms with Crippen molar-refractivity contribution in [2.24, 2.45) is 38.0 Å². The molecule has 2 aromatic rings. The molecule has 18 heteroatoms. The standard InChI is InChI=1S/C42H55F5N10O3.2C2H6/c1-8-24(4)30-16-28(27(10-3)22-51-36(58)25(5)9-2)11-12-29(30)31-18-41(31)13-14-56(38(41)60)34(15-26(19-48)21-52-39(43)44)37(59)53-40(6,7)23-57-33(32(20-49)54-50)17-35(55-57)42(45,46)47;2*1-2/h10-12,16-17,19-22,24-25,31,34,39,49H,8-9,13-15,18,23,48,50H2,1-7H3,(H,53,59);2*1-2H3/b26-19-,27-10+,49-20?,51-22?,52-21+,54-32+;;. The molecule has 13 nitrogen and oxygen atoms in total. The van der Waals surface area contributed by atoms with Gasteiger partial charge in [-0.3, -0.25) is 19.1 Å². The second-order valence-electron chi connectivity index (χ2n) is 16.1. The van der Waals surface area contributed by atoms with Gasteiger partial charge in [-0.05, 0) is 98.4 Å². The van der Waals surface area contributed by atoms with Crippen LogP contribution in [0.3, 0.4) is 0 Å². The van der Waals surface area contributed by atoms with E-state index < -0.39 is 41.3 Å². The van der Waals surface area contributed by atoms with Crippen molar-refractivity contribution in [3.63, 3.8) is 0 Å². The number of hydrazone groups is 1. The first kappa shape index (κ1) is 54.6. The van der Waals surface area contributed by atoms with E-state index in [-0.39, 0.29) is 66.1 Å². The maximum Gasteiger partial charge on any atom is 0.435 e. The van der Waals surface area contributed by atoms with Crippen LogP contribution in [-0.2, 0) is 27.1 Å². The van der Waals surface area contributed by atoms with E-state index in [0.717, 1.165) is 45.8 Å². The Bertz CT molecular complexity index is 2090. The summed E-state index contributed by atoms with van der Waals surface area (Å²) in [5.74, 6) is 3.88. The fourth-order valence-electron chi connectivity index (χ4n) is 7.58. The number of hydrogen-bond donors (Lipinski definition) is 4. The first-order valence-electron chi connectivity index (χ1n) is 21.9. The molecule has 5 atom stereocenters. The minimum atomic E-state index is -4.84. The number of benzene rings is 1. The van der Waals surface area contributed by atoms with Crippen LogP contribution in [0.15, 0.2) is 57.2 Å². The summed E-state index contributed by atoms with van der Waals surface area (Å²) in [4.78, 5) is 50.1. The number of allylic oxidation sites excluding steroid dienone is 2. The van der Waals surface area contributed by atoms with Crippen molar-refractivity contribution in [1.82, 2.24) is 20.0 Å². The molecule has 1 saturated heterocycles. The Morgan fingerprint density at radius 1 is 1.08 bits per heavy atom. The van der Waals surface area contributed by atoms with Gasteiger partial charge in [-0.15, -0.1) is 0 Å². The maximum absolute atomic E-state index is 14.6. The van der Waals surface area contributed by atoms with Gasteiger partial charge in [0.25, 0.3) is 0 Å². The lowest BCUT2D eigenvalue weighted by molar-refractivity contribution is -0.141. The SMILES string of the molecule is C/C=C(\C=NC(=O)C(C)CC)c1ccc(C2CC23CCN(C(CC(=C/N)/C=N/C(F)F)C(=O)NC(C)(C)Cn2nc(C(F)(F)F)cc2/C(C=N)=N/N)C3=O)c(C(C)CC)c1.CC.CC. The highest BCUT2D eigenvalue weighted by Crippen LogP contribution is 2.66. The van der Waals surface area contributed by atoms with E-state index in [1.54, 1.807) is 6.21 Å². The van der Waals surface area contributed by atoms with E-state index in [1.807, 2.05) is 66.7 Å². The average Bonchev–Trinajstić information content (AvgIpc) is 3.72. The number of aliphatic imine (C=N–C) groups is 2. The smallest absolute Gasteiger partial charge is 0.404 e. The Morgan fingerprint density at radius 3 is 2.27 bits per heavy atom. The molecule has 6 N–H and O–H groups in total. The number of aromatic nitrogens is 2. The van der Waals surface area contributed by atoms with Crippen molar-refractivity contribution in [3.05, 3.63) is 70.2 Å².